The van der Waals surface area contributed by atoms with Crippen LogP contribution in [-0.4, -0.2) is 17.4 Å². The van der Waals surface area contributed by atoms with Gasteiger partial charge in [-0.3, -0.25) is 4.79 Å². The van der Waals surface area contributed by atoms with Crippen LogP contribution in [0.15, 0.2) is 30.3 Å². The van der Waals surface area contributed by atoms with Gasteiger partial charge in [-0.25, -0.2) is 0 Å². The molecule has 0 aliphatic heterocycles. The first-order valence-corrected chi connectivity index (χ1v) is 7.74. The van der Waals surface area contributed by atoms with Crippen LogP contribution in [0.25, 0.3) is 0 Å². The van der Waals surface area contributed by atoms with E-state index < -0.39 is 0 Å². The van der Waals surface area contributed by atoms with Crippen molar-refractivity contribution < 1.29 is 4.79 Å². The topological polar surface area (TPSA) is 46.3 Å². The Kier molecular flexibility index (Phi) is 5.53. The Bertz CT molecular complexity index is 455. The molecule has 1 aliphatic rings. The molecule has 0 saturated heterocycles. The van der Waals surface area contributed by atoms with E-state index in [1.54, 1.807) is 0 Å². The molecule has 0 atom stereocenters. The van der Waals surface area contributed by atoms with Crippen LogP contribution in [0.1, 0.15) is 38.5 Å². The van der Waals surface area contributed by atoms with Crippen molar-refractivity contribution in [1.29, 1.82) is 0 Å². The number of amides is 1. The van der Waals surface area contributed by atoms with Crippen LogP contribution in [0.4, 0.5) is 5.69 Å². The van der Waals surface area contributed by atoms with Gasteiger partial charge in [-0.05, 0) is 25.0 Å². The van der Waals surface area contributed by atoms with Gasteiger partial charge < -0.3 is 10.6 Å². The van der Waals surface area contributed by atoms with Gasteiger partial charge in [-0.15, -0.1) is 0 Å². The molecule has 3 nitrogen and oxygen atoms in total. The van der Waals surface area contributed by atoms with Crippen LogP contribution in [0.2, 0.25) is 0 Å². The first-order chi connectivity index (χ1) is 9.68. The highest BCUT2D eigenvalue weighted by molar-refractivity contribution is 7.80. The second-order valence-electron chi connectivity index (χ2n) is 5.38. The zero-order valence-corrected chi connectivity index (χ0v) is 12.6. The van der Waals surface area contributed by atoms with Crippen LogP contribution >= 0.6 is 12.2 Å². The minimum absolute atomic E-state index is 0.162. The number of rotatable bonds is 5. The molecule has 2 N–H and O–H groups in total. The summed E-state index contributed by atoms with van der Waals surface area (Å²) in [4.78, 5) is 15.1. The van der Waals surface area contributed by atoms with E-state index in [4.69, 9.17) is 18.0 Å². The lowest BCUT2D eigenvalue weighted by atomic mass is 9.88. The molecule has 1 aromatic carbocycles. The summed E-state index contributed by atoms with van der Waals surface area (Å²) >= 11 is 4.95. The van der Waals surface area contributed by atoms with Gasteiger partial charge >= 0.3 is 0 Å². The fourth-order valence-corrected chi connectivity index (χ4v) is 2.86. The van der Waals surface area contributed by atoms with Crippen molar-refractivity contribution >= 4 is 28.8 Å². The van der Waals surface area contributed by atoms with E-state index in [0.29, 0.717) is 18.0 Å². The number of hydrogen-bond donors (Lipinski definition) is 1. The third-order valence-electron chi connectivity index (χ3n) is 3.87. The van der Waals surface area contributed by atoms with Crippen molar-refractivity contribution in [3.05, 3.63) is 30.3 Å². The maximum Gasteiger partial charge on any atom is 0.230 e. The van der Waals surface area contributed by atoms with E-state index in [1.165, 1.54) is 6.42 Å². The summed E-state index contributed by atoms with van der Waals surface area (Å²) in [5.41, 5.74) is 6.53. The zero-order valence-electron chi connectivity index (χ0n) is 11.8. The first kappa shape index (κ1) is 15.0. The molecule has 0 unspecified atom stereocenters. The molecule has 0 radical (unpaired) electrons. The van der Waals surface area contributed by atoms with Crippen molar-refractivity contribution in [3.63, 3.8) is 0 Å². The molecule has 1 aliphatic carbocycles. The fraction of sp³-hybridized carbons (Fsp3) is 0.500. The number of carbonyl (C=O) groups excluding carboxylic acids is 1. The minimum Gasteiger partial charge on any atom is -0.393 e. The van der Waals surface area contributed by atoms with Crippen molar-refractivity contribution in [2.24, 2.45) is 11.7 Å². The maximum atomic E-state index is 12.8. The van der Waals surface area contributed by atoms with Crippen molar-refractivity contribution in [1.82, 2.24) is 0 Å². The summed E-state index contributed by atoms with van der Waals surface area (Å²) < 4.78 is 0. The highest BCUT2D eigenvalue weighted by Gasteiger charge is 2.26. The molecule has 1 fully saturated rings. The van der Waals surface area contributed by atoms with Crippen LogP contribution in [0, 0.1) is 5.92 Å². The number of para-hydroxylation sites is 1. The van der Waals surface area contributed by atoms with Gasteiger partial charge in [0.15, 0.2) is 0 Å². The molecule has 0 heterocycles. The Hall–Kier alpha value is -1.42. The molecular weight excluding hydrogens is 268 g/mol. The smallest absolute Gasteiger partial charge is 0.230 e. The van der Waals surface area contributed by atoms with Gasteiger partial charge in [0, 0.05) is 24.6 Å². The summed E-state index contributed by atoms with van der Waals surface area (Å²) in [5.74, 6) is 0.391. The average molecular weight is 290 g/mol. The predicted octanol–water partition coefficient (Wildman–Crippen LogP) is 3.28. The van der Waals surface area contributed by atoms with Crippen molar-refractivity contribution in [2.45, 2.75) is 38.5 Å². The quantitative estimate of drug-likeness (QED) is 0.847. The Balaban J connectivity index is 2.12. The van der Waals surface area contributed by atoms with Crippen molar-refractivity contribution in [3.8, 4) is 0 Å². The van der Waals surface area contributed by atoms with Crippen LogP contribution < -0.4 is 10.6 Å². The van der Waals surface area contributed by atoms with Crippen LogP contribution in [-0.2, 0) is 4.79 Å². The average Bonchev–Trinajstić information content (AvgIpc) is 2.49. The molecule has 0 aromatic heterocycles. The molecule has 4 heteroatoms. The Morgan fingerprint density at radius 3 is 2.45 bits per heavy atom. The van der Waals surface area contributed by atoms with Gasteiger partial charge in [0.2, 0.25) is 5.91 Å². The van der Waals surface area contributed by atoms with E-state index >= 15 is 0 Å². The van der Waals surface area contributed by atoms with E-state index in [9.17, 15) is 4.79 Å². The Morgan fingerprint density at radius 2 is 1.85 bits per heavy atom. The van der Waals surface area contributed by atoms with Gasteiger partial charge in [-0.1, -0.05) is 49.7 Å². The summed E-state index contributed by atoms with van der Waals surface area (Å²) in [6, 6.07) is 9.81. The number of anilines is 1. The van der Waals surface area contributed by atoms with Gasteiger partial charge in [0.25, 0.3) is 0 Å². The predicted molar refractivity (Wildman–Crippen MR) is 86.8 cm³/mol. The van der Waals surface area contributed by atoms with Gasteiger partial charge in [0.1, 0.15) is 0 Å². The van der Waals surface area contributed by atoms with E-state index in [-0.39, 0.29) is 11.8 Å². The fourth-order valence-electron chi connectivity index (χ4n) is 2.77. The van der Waals surface area contributed by atoms with Crippen LogP contribution in [0.3, 0.4) is 0 Å². The molecule has 1 saturated carbocycles. The minimum atomic E-state index is 0.162. The normalized spacial score (nSPS) is 15.8. The van der Waals surface area contributed by atoms with Crippen molar-refractivity contribution in [2.75, 3.05) is 11.4 Å². The summed E-state index contributed by atoms with van der Waals surface area (Å²) in [7, 11) is 0. The molecule has 1 amide bonds. The van der Waals surface area contributed by atoms with E-state index in [0.717, 1.165) is 31.4 Å². The standard InChI is InChI=1S/C16H22N2OS/c17-15(20)11-12-18(14-9-5-2-6-10-14)16(19)13-7-3-1-4-8-13/h2,5-6,9-10,13H,1,3-4,7-8,11-12H2,(H2,17,20). The lowest BCUT2D eigenvalue weighted by Crippen LogP contribution is -2.39. The third-order valence-corrected chi connectivity index (χ3v) is 4.07. The Labute approximate surface area is 126 Å². The zero-order chi connectivity index (χ0) is 14.4. The SMILES string of the molecule is NC(=S)CCN(C(=O)C1CCCCC1)c1ccccc1. The molecule has 1 aromatic rings. The molecule has 20 heavy (non-hydrogen) atoms. The van der Waals surface area contributed by atoms with Gasteiger partial charge in [0.05, 0.1) is 4.99 Å². The maximum absolute atomic E-state index is 12.8. The van der Waals surface area contributed by atoms with Gasteiger partial charge in [-0.2, -0.15) is 0 Å². The number of hydrogen-bond acceptors (Lipinski definition) is 2. The number of carbonyl (C=O) groups is 1. The van der Waals surface area contributed by atoms with E-state index in [1.807, 2.05) is 35.2 Å². The lowest BCUT2D eigenvalue weighted by molar-refractivity contribution is -0.123. The second kappa shape index (κ2) is 7.39. The highest BCUT2D eigenvalue weighted by Crippen LogP contribution is 2.27. The molecule has 0 bridgehead atoms. The summed E-state index contributed by atoms with van der Waals surface area (Å²) in [5, 5.41) is 0. The monoisotopic (exact) mass is 290 g/mol. The largest absolute Gasteiger partial charge is 0.393 e. The Morgan fingerprint density at radius 1 is 1.20 bits per heavy atom. The molecule has 108 valence electrons. The number of thiocarbonyl (C=S) groups is 1. The summed E-state index contributed by atoms with van der Waals surface area (Å²) in [6.45, 7) is 0.578. The molecular formula is C16H22N2OS. The number of nitrogens with two attached hydrogens (primary N) is 1. The van der Waals surface area contributed by atoms with E-state index in [2.05, 4.69) is 0 Å². The first-order valence-electron chi connectivity index (χ1n) is 7.33. The second-order valence-corrected chi connectivity index (χ2v) is 5.90. The number of nitrogens with zero attached hydrogens (tertiary/aromatic N) is 1. The highest BCUT2D eigenvalue weighted by atomic mass is 32.1. The molecule has 2 rings (SSSR count). The lowest BCUT2D eigenvalue weighted by Gasteiger charge is -2.29. The summed E-state index contributed by atoms with van der Waals surface area (Å²) in [6.07, 6.45) is 6.16. The van der Waals surface area contributed by atoms with Crippen LogP contribution in [0.5, 0.6) is 0 Å². The molecule has 0 spiro atoms. The number of benzene rings is 1. The third kappa shape index (κ3) is 4.04.